The van der Waals surface area contributed by atoms with Crippen LogP contribution in [0.3, 0.4) is 0 Å². The Morgan fingerprint density at radius 3 is 2.70 bits per heavy atom. The largest absolute Gasteiger partial charge is 0.454 e. The van der Waals surface area contributed by atoms with E-state index in [2.05, 4.69) is 4.98 Å². The van der Waals surface area contributed by atoms with Gasteiger partial charge in [0.2, 0.25) is 11.7 Å². The van der Waals surface area contributed by atoms with Crippen LogP contribution in [0.2, 0.25) is 0 Å². The van der Waals surface area contributed by atoms with Crippen molar-refractivity contribution in [2.75, 3.05) is 20.1 Å². The highest BCUT2D eigenvalue weighted by Crippen LogP contribution is 2.20. The summed E-state index contributed by atoms with van der Waals surface area (Å²) in [6, 6.07) is 7.03. The molecule has 8 nitrogen and oxygen atoms in total. The van der Waals surface area contributed by atoms with Crippen molar-refractivity contribution < 1.29 is 23.9 Å². The van der Waals surface area contributed by atoms with Crippen molar-refractivity contribution in [3.05, 3.63) is 36.0 Å². The first-order chi connectivity index (χ1) is 12.9. The molecule has 1 saturated heterocycles. The van der Waals surface area contributed by atoms with Gasteiger partial charge in [-0.2, -0.15) is 0 Å². The number of aromatic amines is 1. The van der Waals surface area contributed by atoms with E-state index in [1.165, 1.54) is 11.8 Å². The van der Waals surface area contributed by atoms with Gasteiger partial charge in [0, 0.05) is 42.7 Å². The summed E-state index contributed by atoms with van der Waals surface area (Å²) in [6.45, 7) is 1.74. The summed E-state index contributed by atoms with van der Waals surface area (Å²) in [5.41, 5.74) is 1.31. The maximum atomic E-state index is 12.6. The number of hydrogen-bond acceptors (Lipinski definition) is 5. The van der Waals surface area contributed by atoms with Crippen LogP contribution in [0, 0.1) is 0 Å². The molecule has 1 aliphatic rings. The fourth-order valence-corrected chi connectivity index (χ4v) is 3.07. The number of fused-ring (bicyclic) bond motifs is 1. The van der Waals surface area contributed by atoms with Crippen LogP contribution in [0.1, 0.15) is 30.1 Å². The number of para-hydroxylation sites is 1. The number of urea groups is 1. The van der Waals surface area contributed by atoms with Gasteiger partial charge in [0.15, 0.2) is 6.10 Å². The van der Waals surface area contributed by atoms with Gasteiger partial charge in [-0.15, -0.1) is 0 Å². The third-order valence-electron chi connectivity index (χ3n) is 4.53. The normalized spacial score (nSPS) is 15.5. The van der Waals surface area contributed by atoms with Gasteiger partial charge >= 0.3 is 12.0 Å². The summed E-state index contributed by atoms with van der Waals surface area (Å²) in [6.07, 6.45) is 1.00. The Morgan fingerprint density at radius 1 is 1.26 bits per heavy atom. The molecule has 142 valence electrons. The lowest BCUT2D eigenvalue weighted by Crippen LogP contribution is -2.33. The van der Waals surface area contributed by atoms with Crippen LogP contribution in [0.25, 0.3) is 10.9 Å². The number of carbonyl (C=O) groups excluding carboxylic acids is 4. The predicted molar refractivity (Wildman–Crippen MR) is 97.2 cm³/mol. The maximum Gasteiger partial charge on any atom is 0.326 e. The Kier molecular flexibility index (Phi) is 5.25. The van der Waals surface area contributed by atoms with Gasteiger partial charge in [0.25, 0.3) is 0 Å². The first-order valence-corrected chi connectivity index (χ1v) is 8.73. The van der Waals surface area contributed by atoms with E-state index in [-0.39, 0.29) is 43.7 Å². The number of aromatic nitrogens is 1. The number of hydrogen-bond donors (Lipinski definition) is 1. The Balaban J connectivity index is 1.51. The summed E-state index contributed by atoms with van der Waals surface area (Å²) in [4.78, 5) is 53.5. The molecule has 3 amide bonds. The van der Waals surface area contributed by atoms with Crippen LogP contribution < -0.4 is 0 Å². The van der Waals surface area contributed by atoms with E-state index in [0.29, 0.717) is 5.56 Å². The van der Waals surface area contributed by atoms with Gasteiger partial charge in [-0.3, -0.25) is 19.3 Å². The van der Waals surface area contributed by atoms with E-state index in [9.17, 15) is 19.2 Å². The van der Waals surface area contributed by atoms with Gasteiger partial charge < -0.3 is 14.6 Å². The SMILES string of the molecule is C[C@H](OC(=O)CCCN1C(=O)CN(C)C1=O)C(=O)c1c[nH]c2ccccc12. The van der Waals surface area contributed by atoms with Crippen molar-refractivity contribution >= 4 is 34.6 Å². The first kappa shape index (κ1) is 18.6. The Morgan fingerprint density at radius 2 is 2.00 bits per heavy atom. The number of likely N-dealkylation sites (N-methyl/N-ethyl adjacent to an activating group) is 1. The fourth-order valence-electron chi connectivity index (χ4n) is 3.07. The Labute approximate surface area is 156 Å². The van der Waals surface area contributed by atoms with Gasteiger partial charge in [-0.1, -0.05) is 18.2 Å². The number of nitrogens with one attached hydrogen (secondary N) is 1. The van der Waals surface area contributed by atoms with Crippen LogP contribution in [0.15, 0.2) is 30.5 Å². The van der Waals surface area contributed by atoms with E-state index in [1.54, 1.807) is 13.2 Å². The quantitative estimate of drug-likeness (QED) is 0.456. The smallest absolute Gasteiger partial charge is 0.326 e. The minimum absolute atomic E-state index is 0.0201. The Hall–Kier alpha value is -3.16. The summed E-state index contributed by atoms with van der Waals surface area (Å²) in [7, 11) is 1.55. The number of amides is 3. The molecular formula is C19H21N3O5. The third-order valence-corrected chi connectivity index (χ3v) is 4.53. The van der Waals surface area contributed by atoms with Gasteiger partial charge in [-0.25, -0.2) is 4.79 Å². The molecule has 0 unspecified atom stereocenters. The van der Waals surface area contributed by atoms with E-state index in [4.69, 9.17) is 4.74 Å². The maximum absolute atomic E-state index is 12.6. The van der Waals surface area contributed by atoms with Crippen molar-refractivity contribution in [2.45, 2.75) is 25.9 Å². The van der Waals surface area contributed by atoms with Crippen LogP contribution in [0.5, 0.6) is 0 Å². The molecule has 1 aromatic heterocycles. The van der Waals surface area contributed by atoms with E-state index < -0.39 is 12.1 Å². The van der Waals surface area contributed by atoms with Crippen molar-refractivity contribution in [1.82, 2.24) is 14.8 Å². The zero-order chi connectivity index (χ0) is 19.6. The molecule has 0 saturated carbocycles. The first-order valence-electron chi connectivity index (χ1n) is 8.73. The topological polar surface area (TPSA) is 99.8 Å². The number of ketones is 1. The number of carbonyl (C=O) groups is 4. The minimum Gasteiger partial charge on any atom is -0.454 e. The summed E-state index contributed by atoms with van der Waals surface area (Å²) in [5.74, 6) is -1.10. The van der Waals surface area contributed by atoms with Crippen LogP contribution >= 0.6 is 0 Å². The number of rotatable bonds is 7. The zero-order valence-corrected chi connectivity index (χ0v) is 15.2. The lowest BCUT2D eigenvalue weighted by Gasteiger charge is -2.15. The number of benzene rings is 1. The molecule has 0 spiro atoms. The molecule has 8 heteroatoms. The predicted octanol–water partition coefficient (Wildman–Crippen LogP) is 1.96. The van der Waals surface area contributed by atoms with E-state index >= 15 is 0 Å². The molecule has 3 rings (SSSR count). The van der Waals surface area contributed by atoms with Gasteiger partial charge in [0.05, 0.1) is 0 Å². The van der Waals surface area contributed by atoms with Gasteiger partial charge in [0.1, 0.15) is 6.54 Å². The number of Topliss-reactive ketones (excluding diaryl/α,β-unsaturated/α-hetero) is 1. The number of nitrogens with zero attached hydrogens (tertiary/aromatic N) is 2. The van der Waals surface area contributed by atoms with Crippen LogP contribution in [-0.2, 0) is 14.3 Å². The van der Waals surface area contributed by atoms with Crippen molar-refractivity contribution in [3.8, 4) is 0 Å². The summed E-state index contributed by atoms with van der Waals surface area (Å²) >= 11 is 0. The molecular weight excluding hydrogens is 350 g/mol. The summed E-state index contributed by atoms with van der Waals surface area (Å²) < 4.78 is 5.22. The Bertz CT molecular complexity index is 904. The van der Waals surface area contributed by atoms with Gasteiger partial charge in [-0.05, 0) is 19.4 Å². The molecule has 1 atom stereocenters. The van der Waals surface area contributed by atoms with Crippen LogP contribution in [-0.4, -0.2) is 64.7 Å². The van der Waals surface area contributed by atoms with Crippen molar-refractivity contribution in [3.63, 3.8) is 0 Å². The lowest BCUT2D eigenvalue weighted by atomic mass is 10.1. The molecule has 1 aromatic carbocycles. The number of ether oxygens (including phenoxy) is 1. The number of imide groups is 1. The molecule has 27 heavy (non-hydrogen) atoms. The molecule has 0 aliphatic carbocycles. The average Bonchev–Trinajstić information content (AvgIpc) is 3.17. The number of esters is 1. The highest BCUT2D eigenvalue weighted by atomic mass is 16.5. The third kappa shape index (κ3) is 3.84. The van der Waals surface area contributed by atoms with Crippen molar-refractivity contribution in [2.24, 2.45) is 0 Å². The van der Waals surface area contributed by atoms with E-state index in [1.807, 2.05) is 24.3 Å². The average molecular weight is 371 g/mol. The second kappa shape index (κ2) is 7.61. The fraction of sp³-hybridized carbons (Fsp3) is 0.368. The molecule has 1 fully saturated rings. The minimum atomic E-state index is -0.919. The molecule has 0 bridgehead atoms. The highest BCUT2D eigenvalue weighted by molar-refractivity contribution is 6.10. The molecule has 2 aromatic rings. The second-order valence-corrected chi connectivity index (χ2v) is 6.53. The van der Waals surface area contributed by atoms with E-state index in [0.717, 1.165) is 15.8 Å². The second-order valence-electron chi connectivity index (χ2n) is 6.53. The molecule has 0 radical (unpaired) electrons. The zero-order valence-electron chi connectivity index (χ0n) is 15.2. The molecule has 1 N–H and O–H groups in total. The van der Waals surface area contributed by atoms with Crippen molar-refractivity contribution in [1.29, 1.82) is 0 Å². The highest BCUT2D eigenvalue weighted by Gasteiger charge is 2.33. The van der Waals surface area contributed by atoms with Crippen LogP contribution in [0.4, 0.5) is 4.79 Å². The number of H-pyrrole nitrogens is 1. The summed E-state index contributed by atoms with van der Waals surface area (Å²) in [5, 5.41) is 0.778. The lowest BCUT2D eigenvalue weighted by molar-refractivity contribution is -0.146. The monoisotopic (exact) mass is 371 g/mol. The standard InChI is InChI=1S/C19H21N3O5/c1-12(18(25)14-10-20-15-7-4-3-6-13(14)15)27-17(24)8-5-9-22-16(23)11-21(2)19(22)26/h3-4,6-7,10,12,20H,5,8-9,11H2,1-2H3/t12-/m0/s1. The molecule has 1 aliphatic heterocycles. The molecule has 2 heterocycles.